The largest absolute Gasteiger partial charge is 0.469 e. The van der Waals surface area contributed by atoms with E-state index in [1.807, 2.05) is 12.4 Å². The van der Waals surface area contributed by atoms with Crippen molar-refractivity contribution in [2.24, 2.45) is 57.2 Å². The Morgan fingerprint density at radius 3 is 2.32 bits per heavy atom. The summed E-state index contributed by atoms with van der Waals surface area (Å²) >= 11 is 0. The van der Waals surface area contributed by atoms with Crippen LogP contribution in [0.2, 0.25) is 0 Å². The van der Waals surface area contributed by atoms with Crippen LogP contribution in [-0.2, 0) is 21.4 Å². The third kappa shape index (κ3) is 3.05. The van der Waals surface area contributed by atoms with Crippen molar-refractivity contribution < 1.29 is 9.53 Å². The van der Waals surface area contributed by atoms with Crippen LogP contribution >= 0.6 is 0 Å². The lowest BCUT2D eigenvalue weighted by Crippen LogP contribution is -2.67. The number of carbonyl (C=O) groups excluding carboxylic acids is 1. The first-order chi connectivity index (χ1) is 17.4. The molecular weight excluding hydrogens is 456 g/mol. The van der Waals surface area contributed by atoms with Crippen molar-refractivity contribution >= 4 is 5.97 Å². The van der Waals surface area contributed by atoms with Crippen LogP contribution in [0, 0.1) is 57.2 Å². The molecule has 0 saturated heterocycles. The minimum atomic E-state index is -0.250. The molecule has 0 N–H and O–H groups in total. The van der Waals surface area contributed by atoms with E-state index < -0.39 is 0 Å². The average molecular weight is 507 g/mol. The zero-order valence-corrected chi connectivity index (χ0v) is 24.7. The molecule has 6 rings (SSSR count). The highest BCUT2D eigenvalue weighted by Crippen LogP contribution is 2.77. The average Bonchev–Trinajstić information content (AvgIpc) is 3.25. The van der Waals surface area contributed by atoms with Gasteiger partial charge in [-0.1, -0.05) is 48.5 Å². The smallest absolute Gasteiger partial charge is 0.312 e. The van der Waals surface area contributed by atoms with Crippen LogP contribution in [0.1, 0.15) is 111 Å². The van der Waals surface area contributed by atoms with Gasteiger partial charge in [0, 0.05) is 17.8 Å². The Morgan fingerprint density at radius 1 is 0.892 bits per heavy atom. The summed E-state index contributed by atoms with van der Waals surface area (Å²) in [6, 6.07) is 0. The molecule has 204 valence electrons. The van der Waals surface area contributed by atoms with Gasteiger partial charge in [0.1, 0.15) is 0 Å². The minimum Gasteiger partial charge on any atom is -0.469 e. The van der Waals surface area contributed by atoms with Crippen molar-refractivity contribution in [2.45, 2.75) is 112 Å². The van der Waals surface area contributed by atoms with Crippen LogP contribution in [0.15, 0.2) is 12.4 Å². The molecule has 0 amide bonds. The van der Waals surface area contributed by atoms with E-state index in [4.69, 9.17) is 14.7 Å². The number of rotatable bonds is 2. The Kier molecular flexibility index (Phi) is 5.61. The number of hydrogen-bond donors (Lipinski definition) is 0. The molecule has 0 spiro atoms. The van der Waals surface area contributed by atoms with Gasteiger partial charge in [-0.25, -0.2) is 0 Å². The molecule has 4 heteroatoms. The zero-order valence-electron chi connectivity index (χ0n) is 24.7. The predicted octanol–water partition coefficient (Wildman–Crippen LogP) is 7.40. The lowest BCUT2D eigenvalue weighted by Gasteiger charge is -2.72. The van der Waals surface area contributed by atoms with Gasteiger partial charge in [0.05, 0.1) is 23.9 Å². The zero-order chi connectivity index (χ0) is 26.6. The van der Waals surface area contributed by atoms with E-state index in [2.05, 4.69) is 48.5 Å². The molecule has 4 fully saturated rings. The van der Waals surface area contributed by atoms with Crippen LogP contribution in [0.4, 0.5) is 0 Å². The molecule has 4 nitrogen and oxygen atoms in total. The topological polar surface area (TPSA) is 52.1 Å². The van der Waals surface area contributed by atoms with Crippen molar-refractivity contribution in [1.29, 1.82) is 0 Å². The number of hydrogen-bond acceptors (Lipinski definition) is 4. The molecule has 0 aliphatic heterocycles. The van der Waals surface area contributed by atoms with Crippen molar-refractivity contribution in [3.8, 4) is 0 Å². The number of ether oxygens (including phenoxy) is 1. The monoisotopic (exact) mass is 506 g/mol. The van der Waals surface area contributed by atoms with Gasteiger partial charge in [0.15, 0.2) is 0 Å². The first-order valence-corrected chi connectivity index (χ1v) is 15.3. The number of methoxy groups -OCH3 is 1. The fourth-order valence-corrected chi connectivity index (χ4v) is 12.3. The second kappa shape index (κ2) is 8.04. The van der Waals surface area contributed by atoms with Gasteiger partial charge in [-0.3, -0.25) is 14.8 Å². The van der Waals surface area contributed by atoms with Crippen molar-refractivity contribution in [2.75, 3.05) is 7.11 Å². The summed E-state index contributed by atoms with van der Waals surface area (Å²) < 4.78 is 5.56. The minimum absolute atomic E-state index is 0.0521. The van der Waals surface area contributed by atoms with E-state index in [1.54, 1.807) is 7.11 Å². The number of fused-ring (bicyclic) bond motifs is 8. The van der Waals surface area contributed by atoms with Crippen LogP contribution in [-0.4, -0.2) is 23.0 Å². The first kappa shape index (κ1) is 25.8. The third-order valence-electron chi connectivity index (χ3n) is 14.0. The Balaban J connectivity index is 1.43. The molecule has 1 aromatic heterocycles. The highest BCUT2D eigenvalue weighted by molar-refractivity contribution is 5.78. The molecule has 37 heavy (non-hydrogen) atoms. The third-order valence-corrected chi connectivity index (χ3v) is 14.0. The Hall–Kier alpha value is -1.45. The Morgan fingerprint density at radius 2 is 1.62 bits per heavy atom. The van der Waals surface area contributed by atoms with E-state index in [9.17, 15) is 4.79 Å². The highest BCUT2D eigenvalue weighted by atomic mass is 16.5. The van der Waals surface area contributed by atoms with Crippen LogP contribution in [0.25, 0.3) is 0 Å². The van der Waals surface area contributed by atoms with Gasteiger partial charge in [-0.05, 0) is 110 Å². The summed E-state index contributed by atoms with van der Waals surface area (Å²) in [7, 11) is 1.62. The SMILES string of the molecule is COC(=O)[C@]12CC[C@@H](C(C)C)[C@@H]1[C@H]1CC[C@@H]3[C@@]4(C)Cc5nccnc5C(C)(C)[C@@H]4CC[C@@]3(C)[C@]1(C)CC2. The quantitative estimate of drug-likeness (QED) is 0.392. The summed E-state index contributed by atoms with van der Waals surface area (Å²) in [4.78, 5) is 23.3. The maximum Gasteiger partial charge on any atom is 0.312 e. The summed E-state index contributed by atoms with van der Waals surface area (Å²) in [5.74, 6) is 3.74. The highest BCUT2D eigenvalue weighted by Gasteiger charge is 2.72. The van der Waals surface area contributed by atoms with Gasteiger partial charge in [-0.15, -0.1) is 0 Å². The summed E-state index contributed by atoms with van der Waals surface area (Å²) in [6.07, 6.45) is 14.4. The number of nitrogens with zero attached hydrogens (tertiary/aromatic N) is 2. The van der Waals surface area contributed by atoms with Crippen molar-refractivity contribution in [1.82, 2.24) is 9.97 Å². The molecule has 0 bridgehead atoms. The molecule has 4 saturated carbocycles. The van der Waals surface area contributed by atoms with Gasteiger partial charge in [0.2, 0.25) is 0 Å². The molecule has 0 unspecified atom stereocenters. The van der Waals surface area contributed by atoms with E-state index >= 15 is 0 Å². The van der Waals surface area contributed by atoms with Crippen LogP contribution in [0.5, 0.6) is 0 Å². The summed E-state index contributed by atoms with van der Waals surface area (Å²) in [5.41, 5.74) is 3.06. The fourth-order valence-electron chi connectivity index (χ4n) is 12.3. The van der Waals surface area contributed by atoms with Crippen molar-refractivity contribution in [3.63, 3.8) is 0 Å². The number of carbonyl (C=O) groups is 1. The molecule has 9 atom stereocenters. The number of aromatic nitrogens is 2. The van der Waals surface area contributed by atoms with Gasteiger partial charge < -0.3 is 4.74 Å². The molecule has 1 aromatic rings. The molecular formula is C33H50N2O2. The lowest BCUT2D eigenvalue weighted by molar-refractivity contribution is -0.230. The second-order valence-corrected chi connectivity index (χ2v) is 15.5. The van der Waals surface area contributed by atoms with Crippen LogP contribution < -0.4 is 0 Å². The molecule has 1 heterocycles. The van der Waals surface area contributed by atoms with Crippen molar-refractivity contribution in [3.05, 3.63) is 23.8 Å². The van der Waals surface area contributed by atoms with Gasteiger partial charge in [0.25, 0.3) is 0 Å². The predicted molar refractivity (Wildman–Crippen MR) is 147 cm³/mol. The maximum absolute atomic E-state index is 13.5. The summed E-state index contributed by atoms with van der Waals surface area (Å²) in [6.45, 7) is 17.6. The fraction of sp³-hybridized carbons (Fsp3) is 0.848. The number of esters is 1. The Bertz CT molecular complexity index is 1100. The molecule has 5 aliphatic carbocycles. The van der Waals surface area contributed by atoms with E-state index in [0.29, 0.717) is 35.5 Å². The van der Waals surface area contributed by atoms with Gasteiger partial charge >= 0.3 is 5.97 Å². The van der Waals surface area contributed by atoms with Gasteiger partial charge in [-0.2, -0.15) is 0 Å². The van der Waals surface area contributed by atoms with E-state index in [-0.39, 0.29) is 33.0 Å². The van der Waals surface area contributed by atoms with Crippen LogP contribution in [0.3, 0.4) is 0 Å². The Labute approximate surface area is 225 Å². The van der Waals surface area contributed by atoms with E-state index in [0.717, 1.165) is 19.3 Å². The maximum atomic E-state index is 13.5. The second-order valence-electron chi connectivity index (χ2n) is 15.5. The van der Waals surface area contributed by atoms with E-state index in [1.165, 1.54) is 49.9 Å². The lowest BCUT2D eigenvalue weighted by atomic mass is 9.32. The molecule has 0 radical (unpaired) electrons. The molecule has 5 aliphatic rings. The molecule has 0 aromatic carbocycles. The standard InChI is InChI=1S/C33H50N2O2/c1-20(2)21-11-14-33(28(36)37-8)16-15-31(6)22(26(21)33)9-10-25-30(5)19-23-27(35-18-17-34-23)29(3,4)24(30)12-13-32(25,31)7/h17-18,20-22,24-26H,9-16,19H2,1-8H3/t21-,22+,24-,25+,26+,30-,31+,32+,33-/m0/s1. The summed E-state index contributed by atoms with van der Waals surface area (Å²) in [5, 5.41) is 0. The normalized spacial score (nSPS) is 47.8. The first-order valence-electron chi connectivity index (χ1n) is 15.3.